The van der Waals surface area contributed by atoms with E-state index in [2.05, 4.69) is 22.1 Å². The van der Waals surface area contributed by atoms with E-state index in [1.54, 1.807) is 6.20 Å². The van der Waals surface area contributed by atoms with Crippen molar-refractivity contribution in [2.24, 2.45) is 0 Å². The number of aryl methyl sites for hydroxylation is 1. The van der Waals surface area contributed by atoms with Crippen LogP contribution < -0.4 is 5.32 Å². The van der Waals surface area contributed by atoms with Crippen molar-refractivity contribution in [2.75, 3.05) is 18.4 Å². The first-order chi connectivity index (χ1) is 8.75. The maximum atomic E-state index is 6.20. The molecule has 2 unspecified atom stereocenters. The van der Waals surface area contributed by atoms with Crippen molar-refractivity contribution in [1.29, 1.82) is 0 Å². The normalized spacial score (nSPS) is 28.1. The molecule has 2 fully saturated rings. The predicted molar refractivity (Wildman–Crippen MR) is 75.2 cm³/mol. The molecule has 1 N–H and O–H groups in total. The minimum atomic E-state index is 0.533. The van der Waals surface area contributed by atoms with Crippen LogP contribution in [0.2, 0.25) is 5.15 Å². The summed E-state index contributed by atoms with van der Waals surface area (Å²) in [6.45, 7) is 4.57. The van der Waals surface area contributed by atoms with Gasteiger partial charge in [-0.3, -0.25) is 4.90 Å². The molecule has 1 aromatic rings. The van der Waals surface area contributed by atoms with Crippen molar-refractivity contribution in [3.8, 4) is 0 Å². The zero-order chi connectivity index (χ0) is 12.5. The number of rotatable bonds is 2. The number of hydrogen-bond acceptors (Lipinski definition) is 3. The summed E-state index contributed by atoms with van der Waals surface area (Å²) in [5.41, 5.74) is 2.21. The maximum Gasteiger partial charge on any atom is 0.152 e. The quantitative estimate of drug-likeness (QED) is 0.833. The molecule has 0 bridgehead atoms. The van der Waals surface area contributed by atoms with Gasteiger partial charge in [-0.05, 0) is 44.4 Å². The van der Waals surface area contributed by atoms with Crippen LogP contribution in [0.3, 0.4) is 0 Å². The SMILES string of the molecule is Cc1ccnc(Cl)c1NC1CCN2CCCCC12. The molecule has 0 amide bonds. The number of aromatic nitrogens is 1. The Morgan fingerprint density at radius 3 is 3.06 bits per heavy atom. The van der Waals surface area contributed by atoms with Crippen LogP contribution in [0.1, 0.15) is 31.2 Å². The van der Waals surface area contributed by atoms with Crippen LogP contribution in [-0.4, -0.2) is 35.1 Å². The zero-order valence-corrected chi connectivity index (χ0v) is 11.6. The van der Waals surface area contributed by atoms with E-state index in [1.165, 1.54) is 44.3 Å². The van der Waals surface area contributed by atoms with Crippen LogP contribution >= 0.6 is 11.6 Å². The van der Waals surface area contributed by atoms with Gasteiger partial charge in [-0.1, -0.05) is 18.0 Å². The van der Waals surface area contributed by atoms with Gasteiger partial charge in [0.25, 0.3) is 0 Å². The van der Waals surface area contributed by atoms with Crippen molar-refractivity contribution >= 4 is 17.3 Å². The number of anilines is 1. The van der Waals surface area contributed by atoms with Gasteiger partial charge in [-0.15, -0.1) is 0 Å². The van der Waals surface area contributed by atoms with Crippen LogP contribution in [0.4, 0.5) is 5.69 Å². The van der Waals surface area contributed by atoms with Gasteiger partial charge in [-0.2, -0.15) is 0 Å². The summed E-state index contributed by atoms with van der Waals surface area (Å²) in [5, 5.41) is 4.24. The highest BCUT2D eigenvalue weighted by atomic mass is 35.5. The fourth-order valence-corrected chi connectivity index (χ4v) is 3.56. The van der Waals surface area contributed by atoms with E-state index in [9.17, 15) is 0 Å². The fourth-order valence-electron chi connectivity index (χ4n) is 3.30. The molecule has 3 nitrogen and oxygen atoms in total. The van der Waals surface area contributed by atoms with E-state index >= 15 is 0 Å². The molecule has 2 atom stereocenters. The molecular formula is C14H20ClN3. The number of piperidine rings is 1. The van der Waals surface area contributed by atoms with Gasteiger partial charge >= 0.3 is 0 Å². The topological polar surface area (TPSA) is 28.2 Å². The molecule has 3 heterocycles. The molecule has 0 aliphatic carbocycles. The lowest BCUT2D eigenvalue weighted by Crippen LogP contribution is -2.41. The molecule has 2 saturated heterocycles. The lowest BCUT2D eigenvalue weighted by Gasteiger charge is -2.33. The number of nitrogens with zero attached hydrogens (tertiary/aromatic N) is 2. The molecule has 4 heteroatoms. The summed E-state index contributed by atoms with van der Waals surface area (Å²) in [5.74, 6) is 0. The van der Waals surface area contributed by atoms with Crippen molar-refractivity contribution < 1.29 is 0 Å². The summed E-state index contributed by atoms with van der Waals surface area (Å²) in [6.07, 6.45) is 7.02. The van der Waals surface area contributed by atoms with Gasteiger partial charge in [0.2, 0.25) is 0 Å². The van der Waals surface area contributed by atoms with Gasteiger partial charge in [0.15, 0.2) is 5.15 Å². The third kappa shape index (κ3) is 2.21. The Kier molecular flexibility index (Phi) is 3.44. The minimum absolute atomic E-state index is 0.533. The van der Waals surface area contributed by atoms with Crippen LogP contribution in [0, 0.1) is 6.92 Å². The highest BCUT2D eigenvalue weighted by molar-refractivity contribution is 6.32. The largest absolute Gasteiger partial charge is 0.378 e. The second-order valence-corrected chi connectivity index (χ2v) is 5.79. The maximum absolute atomic E-state index is 6.20. The Morgan fingerprint density at radius 1 is 1.33 bits per heavy atom. The van der Waals surface area contributed by atoms with Crippen molar-refractivity contribution in [3.63, 3.8) is 0 Å². The first-order valence-corrected chi connectivity index (χ1v) is 7.25. The Balaban J connectivity index is 1.76. The summed E-state index contributed by atoms with van der Waals surface area (Å²) in [7, 11) is 0. The van der Waals surface area contributed by atoms with E-state index in [1.807, 2.05) is 6.07 Å². The molecule has 0 radical (unpaired) electrons. The number of pyridine rings is 1. The van der Waals surface area contributed by atoms with Gasteiger partial charge < -0.3 is 5.32 Å². The molecule has 2 aliphatic rings. The van der Waals surface area contributed by atoms with E-state index in [-0.39, 0.29) is 0 Å². The van der Waals surface area contributed by atoms with Gasteiger partial charge in [0, 0.05) is 24.8 Å². The molecule has 0 spiro atoms. The summed E-state index contributed by atoms with van der Waals surface area (Å²) < 4.78 is 0. The number of hydrogen-bond donors (Lipinski definition) is 1. The molecule has 3 rings (SSSR count). The number of nitrogens with one attached hydrogen (secondary N) is 1. The monoisotopic (exact) mass is 265 g/mol. The van der Waals surface area contributed by atoms with Crippen LogP contribution in [0.15, 0.2) is 12.3 Å². The van der Waals surface area contributed by atoms with Gasteiger partial charge in [0.1, 0.15) is 0 Å². The Labute approximate surface area is 114 Å². The van der Waals surface area contributed by atoms with Crippen molar-refractivity contribution in [1.82, 2.24) is 9.88 Å². The third-order valence-corrected chi connectivity index (χ3v) is 4.59. The Morgan fingerprint density at radius 2 is 2.22 bits per heavy atom. The zero-order valence-electron chi connectivity index (χ0n) is 10.8. The van der Waals surface area contributed by atoms with Gasteiger partial charge in [0.05, 0.1) is 5.69 Å². The average molecular weight is 266 g/mol. The lowest BCUT2D eigenvalue weighted by atomic mass is 9.99. The molecule has 2 aliphatic heterocycles. The predicted octanol–water partition coefficient (Wildman–Crippen LogP) is 3.08. The van der Waals surface area contributed by atoms with Crippen LogP contribution in [-0.2, 0) is 0 Å². The van der Waals surface area contributed by atoms with E-state index in [4.69, 9.17) is 11.6 Å². The van der Waals surface area contributed by atoms with Crippen LogP contribution in [0.25, 0.3) is 0 Å². The molecule has 98 valence electrons. The fraction of sp³-hybridized carbons (Fsp3) is 0.643. The average Bonchev–Trinajstić information content (AvgIpc) is 2.77. The Hall–Kier alpha value is -0.800. The molecular weight excluding hydrogens is 246 g/mol. The van der Waals surface area contributed by atoms with Gasteiger partial charge in [-0.25, -0.2) is 4.98 Å². The number of halogens is 1. The van der Waals surface area contributed by atoms with E-state index < -0.39 is 0 Å². The number of fused-ring (bicyclic) bond motifs is 1. The molecule has 0 aromatic carbocycles. The highest BCUT2D eigenvalue weighted by Crippen LogP contribution is 2.32. The molecule has 0 saturated carbocycles. The van der Waals surface area contributed by atoms with E-state index in [0.717, 1.165) is 5.69 Å². The molecule has 1 aromatic heterocycles. The second-order valence-electron chi connectivity index (χ2n) is 5.43. The summed E-state index contributed by atoms with van der Waals surface area (Å²) in [6, 6.07) is 3.24. The highest BCUT2D eigenvalue weighted by Gasteiger charge is 2.35. The smallest absolute Gasteiger partial charge is 0.152 e. The standard InChI is InChI=1S/C14H20ClN3/c1-10-5-7-16-14(15)13(10)17-11-6-9-18-8-3-2-4-12(11)18/h5,7,11-12,17H,2-4,6,8-9H2,1H3. The van der Waals surface area contributed by atoms with E-state index in [0.29, 0.717) is 17.2 Å². The lowest BCUT2D eigenvalue weighted by molar-refractivity contribution is 0.192. The summed E-state index contributed by atoms with van der Waals surface area (Å²) >= 11 is 6.20. The first kappa shape index (κ1) is 12.2. The first-order valence-electron chi connectivity index (χ1n) is 6.87. The second kappa shape index (κ2) is 5.06. The van der Waals surface area contributed by atoms with Crippen molar-refractivity contribution in [3.05, 3.63) is 23.0 Å². The summed E-state index contributed by atoms with van der Waals surface area (Å²) in [4.78, 5) is 6.80. The molecule has 18 heavy (non-hydrogen) atoms. The minimum Gasteiger partial charge on any atom is -0.378 e. The Bertz CT molecular complexity index is 415. The van der Waals surface area contributed by atoms with Crippen molar-refractivity contribution in [2.45, 2.75) is 44.7 Å². The third-order valence-electron chi connectivity index (χ3n) is 4.30. The van der Waals surface area contributed by atoms with Crippen LogP contribution in [0.5, 0.6) is 0 Å².